The molecule has 2 rings (SSSR count). The monoisotopic (exact) mass is 277 g/mol. The molecule has 7 nitrogen and oxygen atoms in total. The molecule has 7 heteroatoms. The molecule has 0 fully saturated rings. The Balaban J connectivity index is 2.44. The minimum absolute atomic E-state index is 0.147. The van der Waals surface area contributed by atoms with Crippen molar-refractivity contribution in [1.82, 2.24) is 9.38 Å². The van der Waals surface area contributed by atoms with Crippen molar-refractivity contribution in [2.24, 2.45) is 0 Å². The number of imidazole rings is 1. The van der Waals surface area contributed by atoms with Gasteiger partial charge in [-0.2, -0.15) is 0 Å². The van der Waals surface area contributed by atoms with Crippen LogP contribution in [0, 0.1) is 0 Å². The number of hydrogen-bond donors (Lipinski definition) is 1. The van der Waals surface area contributed by atoms with Gasteiger partial charge in [0.05, 0.1) is 12.6 Å². The van der Waals surface area contributed by atoms with Gasteiger partial charge in [0.2, 0.25) is 5.95 Å². The summed E-state index contributed by atoms with van der Waals surface area (Å²) in [5, 5.41) is 2.62. The van der Waals surface area contributed by atoms with Gasteiger partial charge in [0.1, 0.15) is 6.10 Å². The predicted molar refractivity (Wildman–Crippen MR) is 71.6 cm³/mol. The van der Waals surface area contributed by atoms with Crippen LogP contribution in [-0.4, -0.2) is 41.6 Å². The Labute approximate surface area is 115 Å². The summed E-state index contributed by atoms with van der Waals surface area (Å²) in [6.07, 6.45) is 1.08. The van der Waals surface area contributed by atoms with Gasteiger partial charge in [0, 0.05) is 13.3 Å². The first-order valence-electron chi connectivity index (χ1n) is 5.97. The molecular formula is C13H15N3O4. The SMILES string of the molecule is COC(=O)c1nc(NC(=O)C(C)OC)n2ccccc12. The molecule has 1 unspecified atom stereocenters. The van der Waals surface area contributed by atoms with E-state index in [0.717, 1.165) is 0 Å². The minimum atomic E-state index is -0.618. The Morgan fingerprint density at radius 3 is 2.75 bits per heavy atom. The van der Waals surface area contributed by atoms with Crippen molar-refractivity contribution in [2.45, 2.75) is 13.0 Å². The zero-order valence-electron chi connectivity index (χ0n) is 11.4. The van der Waals surface area contributed by atoms with Crippen molar-refractivity contribution in [3.8, 4) is 0 Å². The van der Waals surface area contributed by atoms with E-state index in [9.17, 15) is 9.59 Å². The lowest BCUT2D eigenvalue weighted by Gasteiger charge is -2.09. The summed E-state index contributed by atoms with van der Waals surface area (Å²) < 4.78 is 11.2. The number of aromatic nitrogens is 2. The number of hydrogen-bond acceptors (Lipinski definition) is 5. The molecule has 2 aromatic heterocycles. The van der Waals surface area contributed by atoms with Crippen molar-refractivity contribution in [2.75, 3.05) is 19.5 Å². The van der Waals surface area contributed by atoms with E-state index in [1.54, 1.807) is 35.7 Å². The largest absolute Gasteiger partial charge is 0.464 e. The second-order valence-corrected chi connectivity index (χ2v) is 4.10. The highest BCUT2D eigenvalue weighted by molar-refractivity contribution is 5.98. The van der Waals surface area contributed by atoms with E-state index in [1.165, 1.54) is 14.2 Å². The molecule has 0 aliphatic heterocycles. The van der Waals surface area contributed by atoms with Crippen LogP contribution in [0.2, 0.25) is 0 Å². The molecule has 20 heavy (non-hydrogen) atoms. The fraction of sp³-hybridized carbons (Fsp3) is 0.308. The van der Waals surface area contributed by atoms with Gasteiger partial charge in [-0.05, 0) is 19.1 Å². The first-order chi connectivity index (χ1) is 9.58. The van der Waals surface area contributed by atoms with Gasteiger partial charge in [0.15, 0.2) is 5.69 Å². The molecule has 1 N–H and O–H groups in total. The molecule has 0 saturated heterocycles. The van der Waals surface area contributed by atoms with E-state index < -0.39 is 12.1 Å². The first-order valence-corrected chi connectivity index (χ1v) is 5.97. The maximum absolute atomic E-state index is 11.8. The van der Waals surface area contributed by atoms with Crippen LogP contribution in [0.15, 0.2) is 24.4 Å². The third-order valence-electron chi connectivity index (χ3n) is 2.88. The van der Waals surface area contributed by atoms with Crippen LogP contribution in [0.1, 0.15) is 17.4 Å². The molecule has 0 aliphatic rings. The summed E-state index contributed by atoms with van der Waals surface area (Å²) in [4.78, 5) is 27.6. The van der Waals surface area contributed by atoms with Crippen LogP contribution in [-0.2, 0) is 14.3 Å². The lowest BCUT2D eigenvalue weighted by Crippen LogP contribution is -2.27. The van der Waals surface area contributed by atoms with Crippen LogP contribution >= 0.6 is 0 Å². The zero-order valence-corrected chi connectivity index (χ0v) is 11.4. The number of pyridine rings is 1. The molecule has 1 atom stereocenters. The van der Waals surface area contributed by atoms with Crippen LogP contribution < -0.4 is 5.32 Å². The zero-order chi connectivity index (χ0) is 14.7. The molecule has 0 radical (unpaired) electrons. The van der Waals surface area contributed by atoms with E-state index in [1.807, 2.05) is 0 Å². The standard InChI is InChI=1S/C13H15N3O4/c1-8(19-2)11(17)15-13-14-10(12(18)20-3)9-6-4-5-7-16(9)13/h4-8H,1-3H3,(H,14,15,17). The van der Waals surface area contributed by atoms with Crippen molar-refractivity contribution >= 4 is 23.3 Å². The van der Waals surface area contributed by atoms with Crippen LogP contribution in [0.4, 0.5) is 5.95 Å². The number of rotatable bonds is 4. The molecule has 0 spiro atoms. The highest BCUT2D eigenvalue weighted by atomic mass is 16.5. The van der Waals surface area contributed by atoms with E-state index in [2.05, 4.69) is 15.0 Å². The number of nitrogens with one attached hydrogen (secondary N) is 1. The lowest BCUT2D eigenvalue weighted by molar-refractivity contribution is -0.124. The second kappa shape index (κ2) is 5.70. The van der Waals surface area contributed by atoms with Crippen LogP contribution in [0.25, 0.3) is 5.52 Å². The number of nitrogens with zero attached hydrogens (tertiary/aromatic N) is 2. The smallest absolute Gasteiger partial charge is 0.359 e. The Morgan fingerprint density at radius 2 is 2.10 bits per heavy atom. The van der Waals surface area contributed by atoms with E-state index in [-0.39, 0.29) is 17.5 Å². The summed E-state index contributed by atoms with van der Waals surface area (Å²) in [6, 6.07) is 5.26. The van der Waals surface area contributed by atoms with Crippen molar-refractivity contribution in [1.29, 1.82) is 0 Å². The number of ether oxygens (including phenoxy) is 2. The number of carbonyl (C=O) groups is 2. The summed E-state index contributed by atoms with van der Waals surface area (Å²) >= 11 is 0. The molecule has 0 bridgehead atoms. The van der Waals surface area contributed by atoms with Gasteiger partial charge in [-0.1, -0.05) is 6.07 Å². The highest BCUT2D eigenvalue weighted by Crippen LogP contribution is 2.17. The maximum Gasteiger partial charge on any atom is 0.359 e. The summed E-state index contributed by atoms with van der Waals surface area (Å²) in [5.41, 5.74) is 0.702. The van der Waals surface area contributed by atoms with Gasteiger partial charge in [-0.15, -0.1) is 0 Å². The first kappa shape index (κ1) is 14.0. The number of anilines is 1. The van der Waals surface area contributed by atoms with Gasteiger partial charge in [-0.25, -0.2) is 9.78 Å². The lowest BCUT2D eigenvalue weighted by atomic mass is 10.3. The number of fused-ring (bicyclic) bond motifs is 1. The molecule has 0 aliphatic carbocycles. The Kier molecular flexibility index (Phi) is 3.99. The van der Waals surface area contributed by atoms with Crippen LogP contribution in [0.5, 0.6) is 0 Å². The fourth-order valence-electron chi connectivity index (χ4n) is 1.69. The summed E-state index contributed by atoms with van der Waals surface area (Å²) in [5.74, 6) is -0.663. The third kappa shape index (κ3) is 2.48. The van der Waals surface area contributed by atoms with Crippen molar-refractivity contribution in [3.63, 3.8) is 0 Å². The Morgan fingerprint density at radius 1 is 1.35 bits per heavy atom. The van der Waals surface area contributed by atoms with Gasteiger partial charge in [-0.3, -0.25) is 14.5 Å². The average molecular weight is 277 g/mol. The molecule has 2 aromatic rings. The van der Waals surface area contributed by atoms with Crippen molar-refractivity contribution in [3.05, 3.63) is 30.1 Å². The maximum atomic E-state index is 11.8. The molecule has 2 heterocycles. The molecular weight excluding hydrogens is 262 g/mol. The molecule has 1 amide bonds. The number of amides is 1. The Hall–Kier alpha value is -2.41. The normalized spacial score (nSPS) is 12.2. The van der Waals surface area contributed by atoms with Crippen LogP contribution in [0.3, 0.4) is 0 Å². The fourth-order valence-corrected chi connectivity index (χ4v) is 1.69. The van der Waals surface area contributed by atoms with Gasteiger partial charge < -0.3 is 9.47 Å². The quantitative estimate of drug-likeness (QED) is 0.846. The van der Waals surface area contributed by atoms with E-state index in [4.69, 9.17) is 4.74 Å². The molecule has 0 aromatic carbocycles. The third-order valence-corrected chi connectivity index (χ3v) is 2.88. The van der Waals surface area contributed by atoms with Gasteiger partial charge in [0.25, 0.3) is 5.91 Å². The molecule has 0 saturated carbocycles. The highest BCUT2D eigenvalue weighted by Gasteiger charge is 2.20. The summed E-state index contributed by atoms with van der Waals surface area (Å²) in [7, 11) is 2.72. The number of carbonyl (C=O) groups excluding carboxylic acids is 2. The second-order valence-electron chi connectivity index (χ2n) is 4.10. The van der Waals surface area contributed by atoms with E-state index >= 15 is 0 Å². The number of esters is 1. The predicted octanol–water partition coefficient (Wildman–Crippen LogP) is 1.09. The minimum Gasteiger partial charge on any atom is -0.464 e. The molecule has 106 valence electrons. The van der Waals surface area contributed by atoms with Crippen molar-refractivity contribution < 1.29 is 19.1 Å². The van der Waals surface area contributed by atoms with E-state index in [0.29, 0.717) is 5.52 Å². The average Bonchev–Trinajstić information content (AvgIpc) is 2.84. The number of methoxy groups -OCH3 is 2. The Bertz CT molecular complexity index is 650. The van der Waals surface area contributed by atoms with Gasteiger partial charge >= 0.3 is 5.97 Å². The topological polar surface area (TPSA) is 81.9 Å². The summed E-state index contributed by atoms with van der Waals surface area (Å²) in [6.45, 7) is 1.62.